The van der Waals surface area contributed by atoms with Crippen LogP contribution in [0.5, 0.6) is 0 Å². The van der Waals surface area contributed by atoms with Crippen LogP contribution in [-0.2, 0) is 16.4 Å². The number of allylic oxidation sites excluding steroid dienone is 1. The van der Waals surface area contributed by atoms with E-state index in [0.717, 1.165) is 23.1 Å². The van der Waals surface area contributed by atoms with Gasteiger partial charge >= 0.3 is 0 Å². The molecule has 0 spiro atoms. The van der Waals surface area contributed by atoms with E-state index in [-0.39, 0.29) is 10.8 Å². The van der Waals surface area contributed by atoms with Crippen LogP contribution in [0.4, 0.5) is 0 Å². The summed E-state index contributed by atoms with van der Waals surface area (Å²) in [5.74, 6) is 0. The fraction of sp³-hybridized carbons (Fsp3) is 0.310. The molecule has 30 heavy (non-hydrogen) atoms. The summed E-state index contributed by atoms with van der Waals surface area (Å²) in [5.41, 5.74) is 3.98. The van der Waals surface area contributed by atoms with Gasteiger partial charge < -0.3 is 5.11 Å². The standard InChI is InChI=1S/C29H34O/c1-7-21-28(5,6)23-15-19-26(20-16-23)29(30,24-11-9-8-10-12-24)25-17-13-22(14-18-25)27(2,3)4/h7-20,30H,1,21H2,2-6H3. The van der Waals surface area contributed by atoms with Crippen LogP contribution in [0.2, 0.25) is 0 Å². The molecule has 0 aliphatic carbocycles. The number of hydrogen-bond donors (Lipinski definition) is 1. The van der Waals surface area contributed by atoms with Crippen molar-refractivity contribution in [2.75, 3.05) is 0 Å². The van der Waals surface area contributed by atoms with Gasteiger partial charge in [0.25, 0.3) is 0 Å². The fourth-order valence-corrected chi connectivity index (χ4v) is 4.03. The molecule has 0 aliphatic heterocycles. The van der Waals surface area contributed by atoms with Gasteiger partial charge in [-0.05, 0) is 45.1 Å². The molecule has 0 bridgehead atoms. The second-order valence-electron chi connectivity index (χ2n) is 9.86. The minimum atomic E-state index is -1.21. The highest BCUT2D eigenvalue weighted by molar-refractivity contribution is 5.48. The molecule has 3 rings (SSSR count). The van der Waals surface area contributed by atoms with Gasteiger partial charge in [-0.15, -0.1) is 6.58 Å². The Morgan fingerprint density at radius 2 is 1.03 bits per heavy atom. The Morgan fingerprint density at radius 1 is 0.633 bits per heavy atom. The fourth-order valence-electron chi connectivity index (χ4n) is 4.03. The first-order chi connectivity index (χ1) is 14.1. The smallest absolute Gasteiger partial charge is 0.140 e. The molecule has 0 heterocycles. The van der Waals surface area contributed by atoms with E-state index in [9.17, 15) is 5.11 Å². The molecular formula is C29H34O. The third kappa shape index (κ3) is 4.27. The summed E-state index contributed by atoms with van der Waals surface area (Å²) in [6, 6.07) is 26.7. The summed E-state index contributed by atoms with van der Waals surface area (Å²) in [6.07, 6.45) is 2.87. The second kappa shape index (κ2) is 8.24. The van der Waals surface area contributed by atoms with Crippen molar-refractivity contribution < 1.29 is 5.11 Å². The molecule has 1 heteroatoms. The van der Waals surface area contributed by atoms with Gasteiger partial charge in [0, 0.05) is 0 Å². The molecule has 0 saturated carbocycles. The van der Waals surface area contributed by atoms with E-state index in [1.807, 2.05) is 36.4 Å². The SMILES string of the molecule is C=CCC(C)(C)c1ccc(C(O)(c2ccccc2)c2ccc(C(C)(C)C)cc2)cc1. The van der Waals surface area contributed by atoms with E-state index in [1.165, 1.54) is 11.1 Å². The molecular weight excluding hydrogens is 364 g/mol. The Bertz CT molecular complexity index is 973. The monoisotopic (exact) mass is 398 g/mol. The number of benzene rings is 3. The summed E-state index contributed by atoms with van der Waals surface area (Å²) in [4.78, 5) is 0. The van der Waals surface area contributed by atoms with Gasteiger partial charge in [-0.1, -0.05) is 120 Å². The van der Waals surface area contributed by atoms with Crippen LogP contribution >= 0.6 is 0 Å². The summed E-state index contributed by atoms with van der Waals surface area (Å²) >= 11 is 0. The molecule has 156 valence electrons. The third-order valence-electron chi connectivity index (χ3n) is 6.10. The van der Waals surface area contributed by atoms with Crippen LogP contribution in [0.15, 0.2) is 91.5 Å². The van der Waals surface area contributed by atoms with Gasteiger partial charge in [0.05, 0.1) is 0 Å². The zero-order valence-corrected chi connectivity index (χ0v) is 18.9. The maximum atomic E-state index is 12.1. The Morgan fingerprint density at radius 3 is 1.47 bits per heavy atom. The average Bonchev–Trinajstić information content (AvgIpc) is 2.73. The largest absolute Gasteiger partial charge is 0.376 e. The average molecular weight is 399 g/mol. The van der Waals surface area contributed by atoms with Crippen LogP contribution in [0, 0.1) is 0 Å². The van der Waals surface area contributed by atoms with Crippen molar-refractivity contribution in [1.29, 1.82) is 0 Å². The quantitative estimate of drug-likeness (QED) is 0.346. The lowest BCUT2D eigenvalue weighted by atomic mass is 9.76. The Labute approximate surface area is 182 Å². The summed E-state index contributed by atoms with van der Waals surface area (Å²) in [7, 11) is 0. The van der Waals surface area contributed by atoms with Crippen molar-refractivity contribution in [3.8, 4) is 0 Å². The molecule has 1 nitrogen and oxygen atoms in total. The molecule has 0 aliphatic rings. The molecule has 0 aromatic heterocycles. The van der Waals surface area contributed by atoms with E-state index < -0.39 is 5.60 Å². The van der Waals surface area contributed by atoms with E-state index in [4.69, 9.17) is 0 Å². The Hall–Kier alpha value is -2.64. The Balaban J connectivity index is 2.11. The summed E-state index contributed by atoms with van der Waals surface area (Å²) < 4.78 is 0. The number of aliphatic hydroxyl groups is 1. The van der Waals surface area contributed by atoms with Crippen molar-refractivity contribution in [3.05, 3.63) is 119 Å². The predicted molar refractivity (Wildman–Crippen MR) is 128 cm³/mol. The minimum Gasteiger partial charge on any atom is -0.376 e. The van der Waals surface area contributed by atoms with Gasteiger partial charge in [0.15, 0.2) is 0 Å². The van der Waals surface area contributed by atoms with Gasteiger partial charge in [-0.25, -0.2) is 0 Å². The molecule has 1 N–H and O–H groups in total. The zero-order valence-electron chi connectivity index (χ0n) is 18.9. The minimum absolute atomic E-state index is 0.0134. The van der Waals surface area contributed by atoms with E-state index in [2.05, 4.69) is 89.7 Å². The van der Waals surface area contributed by atoms with E-state index in [1.54, 1.807) is 0 Å². The third-order valence-corrected chi connectivity index (χ3v) is 6.10. The lowest BCUT2D eigenvalue weighted by molar-refractivity contribution is 0.125. The van der Waals surface area contributed by atoms with Gasteiger partial charge in [-0.3, -0.25) is 0 Å². The molecule has 3 aromatic carbocycles. The lowest BCUT2D eigenvalue weighted by Crippen LogP contribution is -2.29. The van der Waals surface area contributed by atoms with Crippen molar-refractivity contribution >= 4 is 0 Å². The maximum Gasteiger partial charge on any atom is 0.140 e. The normalized spacial score (nSPS) is 14.2. The van der Waals surface area contributed by atoms with E-state index in [0.29, 0.717) is 0 Å². The lowest BCUT2D eigenvalue weighted by Gasteiger charge is -2.32. The predicted octanol–water partition coefficient (Wildman–Crippen LogP) is 7.12. The second-order valence-corrected chi connectivity index (χ2v) is 9.86. The van der Waals surface area contributed by atoms with Crippen molar-refractivity contribution in [3.63, 3.8) is 0 Å². The van der Waals surface area contributed by atoms with Crippen LogP contribution in [0.1, 0.15) is 68.9 Å². The number of rotatable bonds is 6. The van der Waals surface area contributed by atoms with Gasteiger partial charge in [-0.2, -0.15) is 0 Å². The summed E-state index contributed by atoms with van der Waals surface area (Å²) in [6.45, 7) is 14.9. The highest BCUT2D eigenvalue weighted by atomic mass is 16.3. The Kier molecular flexibility index (Phi) is 6.06. The highest BCUT2D eigenvalue weighted by Crippen LogP contribution is 2.38. The van der Waals surface area contributed by atoms with Crippen LogP contribution < -0.4 is 0 Å². The molecule has 3 aromatic rings. The first kappa shape index (κ1) is 22.1. The van der Waals surface area contributed by atoms with E-state index >= 15 is 0 Å². The molecule has 0 saturated heterocycles. The molecule has 0 amide bonds. The first-order valence-corrected chi connectivity index (χ1v) is 10.7. The zero-order chi connectivity index (χ0) is 22.0. The topological polar surface area (TPSA) is 20.2 Å². The summed E-state index contributed by atoms with van der Waals surface area (Å²) in [5, 5.41) is 12.1. The number of hydrogen-bond acceptors (Lipinski definition) is 1. The van der Waals surface area contributed by atoms with Crippen molar-refractivity contribution in [1.82, 2.24) is 0 Å². The molecule has 1 atom stereocenters. The van der Waals surface area contributed by atoms with Crippen molar-refractivity contribution in [2.24, 2.45) is 0 Å². The van der Waals surface area contributed by atoms with Gasteiger partial charge in [0.2, 0.25) is 0 Å². The van der Waals surface area contributed by atoms with Crippen molar-refractivity contribution in [2.45, 2.75) is 57.5 Å². The van der Waals surface area contributed by atoms with Crippen LogP contribution in [0.25, 0.3) is 0 Å². The molecule has 1 unspecified atom stereocenters. The van der Waals surface area contributed by atoms with Gasteiger partial charge in [0.1, 0.15) is 5.60 Å². The molecule has 0 radical (unpaired) electrons. The molecule has 0 fully saturated rings. The van der Waals surface area contributed by atoms with Crippen LogP contribution in [-0.4, -0.2) is 5.11 Å². The maximum absolute atomic E-state index is 12.1. The highest BCUT2D eigenvalue weighted by Gasteiger charge is 2.34. The first-order valence-electron chi connectivity index (χ1n) is 10.7. The van der Waals surface area contributed by atoms with Crippen LogP contribution in [0.3, 0.4) is 0 Å².